The van der Waals surface area contributed by atoms with E-state index in [0.29, 0.717) is 17.5 Å². The van der Waals surface area contributed by atoms with Gasteiger partial charge in [0.25, 0.3) is 11.8 Å². The summed E-state index contributed by atoms with van der Waals surface area (Å²) >= 11 is 0. The Hall–Kier alpha value is -2.24. The maximum atomic E-state index is 13.2. The lowest BCUT2D eigenvalue weighted by atomic mass is 10.1. The fourth-order valence-corrected chi connectivity index (χ4v) is 2.67. The molecule has 120 valence electrons. The fourth-order valence-electron chi connectivity index (χ4n) is 2.67. The van der Waals surface area contributed by atoms with E-state index in [1.54, 1.807) is 36.4 Å². The van der Waals surface area contributed by atoms with Crippen molar-refractivity contribution in [3.05, 3.63) is 71.0 Å². The number of nitrogens with two attached hydrogens (primary N) is 1. The molecule has 0 saturated heterocycles. The van der Waals surface area contributed by atoms with E-state index in [1.165, 1.54) is 12.1 Å². The van der Waals surface area contributed by atoms with Gasteiger partial charge >= 0.3 is 0 Å². The molecule has 0 saturated carbocycles. The number of hydrogen-bond acceptors (Lipinski definition) is 3. The van der Waals surface area contributed by atoms with Crippen LogP contribution in [0.2, 0.25) is 0 Å². The molecule has 1 unspecified atom stereocenters. The van der Waals surface area contributed by atoms with Crippen molar-refractivity contribution in [2.45, 2.75) is 12.5 Å². The predicted molar refractivity (Wildman–Crippen MR) is 87.1 cm³/mol. The first kappa shape index (κ1) is 17.1. The maximum absolute atomic E-state index is 13.2. The number of imide groups is 1. The van der Waals surface area contributed by atoms with Crippen LogP contribution in [0.1, 0.15) is 26.3 Å². The van der Waals surface area contributed by atoms with Gasteiger partial charge in [0.1, 0.15) is 5.82 Å². The Morgan fingerprint density at radius 1 is 1.00 bits per heavy atom. The van der Waals surface area contributed by atoms with Crippen LogP contribution in [0.25, 0.3) is 0 Å². The van der Waals surface area contributed by atoms with Crippen LogP contribution in [0.5, 0.6) is 0 Å². The number of amides is 2. The van der Waals surface area contributed by atoms with E-state index >= 15 is 0 Å². The Bertz CT molecular complexity index is 716. The predicted octanol–water partition coefficient (Wildman–Crippen LogP) is 2.41. The summed E-state index contributed by atoms with van der Waals surface area (Å²) in [5.41, 5.74) is 7.58. The Morgan fingerprint density at radius 2 is 1.61 bits per heavy atom. The Kier molecular flexibility index (Phi) is 5.13. The highest BCUT2D eigenvalue weighted by Crippen LogP contribution is 2.22. The molecule has 1 heterocycles. The molecule has 3 rings (SSSR count). The summed E-state index contributed by atoms with van der Waals surface area (Å²) in [6, 6.07) is 12.4. The molecule has 2 amide bonds. The quantitative estimate of drug-likeness (QED) is 0.873. The number of nitrogens with zero attached hydrogens (tertiary/aromatic N) is 1. The first-order valence-electron chi connectivity index (χ1n) is 7.01. The van der Waals surface area contributed by atoms with Crippen LogP contribution >= 0.6 is 12.4 Å². The summed E-state index contributed by atoms with van der Waals surface area (Å²) in [6.45, 7) is 0.114. The Labute approximate surface area is 139 Å². The minimum Gasteiger partial charge on any atom is -0.326 e. The minimum absolute atomic E-state index is 0. The second kappa shape index (κ2) is 6.89. The maximum Gasteiger partial charge on any atom is 0.261 e. The van der Waals surface area contributed by atoms with Gasteiger partial charge in [0.2, 0.25) is 0 Å². The van der Waals surface area contributed by atoms with E-state index in [9.17, 15) is 14.0 Å². The molecule has 0 bridgehead atoms. The van der Waals surface area contributed by atoms with Gasteiger partial charge in [0, 0.05) is 12.6 Å². The molecule has 2 N–H and O–H groups in total. The highest BCUT2D eigenvalue weighted by atomic mass is 35.5. The third-order valence-corrected chi connectivity index (χ3v) is 3.68. The van der Waals surface area contributed by atoms with Crippen LogP contribution in [0, 0.1) is 5.82 Å². The van der Waals surface area contributed by atoms with Crippen LogP contribution in [0.15, 0.2) is 48.5 Å². The summed E-state index contributed by atoms with van der Waals surface area (Å²) < 4.78 is 13.2. The van der Waals surface area contributed by atoms with E-state index in [4.69, 9.17) is 5.73 Å². The van der Waals surface area contributed by atoms with Gasteiger partial charge in [-0.25, -0.2) is 4.39 Å². The molecule has 2 aromatic carbocycles. The largest absolute Gasteiger partial charge is 0.326 e. The molecule has 0 aliphatic carbocycles. The Balaban J connectivity index is 0.00000192. The molecule has 0 aromatic heterocycles. The van der Waals surface area contributed by atoms with Crippen molar-refractivity contribution >= 4 is 24.2 Å². The first-order chi connectivity index (χ1) is 10.6. The van der Waals surface area contributed by atoms with E-state index < -0.39 is 6.04 Å². The number of halogens is 2. The van der Waals surface area contributed by atoms with E-state index in [2.05, 4.69) is 0 Å². The molecule has 0 radical (unpaired) electrons. The fraction of sp³-hybridized carbons (Fsp3) is 0.176. The molecule has 1 aliphatic rings. The van der Waals surface area contributed by atoms with Gasteiger partial charge in [0.15, 0.2) is 0 Å². The number of fused-ring (bicyclic) bond motifs is 1. The van der Waals surface area contributed by atoms with Gasteiger partial charge in [-0.05, 0) is 36.2 Å². The molecular formula is C17H16ClFN2O2. The molecule has 0 spiro atoms. The van der Waals surface area contributed by atoms with Crippen LogP contribution < -0.4 is 5.73 Å². The van der Waals surface area contributed by atoms with Crippen LogP contribution in [-0.2, 0) is 6.42 Å². The molecule has 2 aromatic rings. The van der Waals surface area contributed by atoms with E-state index in [0.717, 1.165) is 10.5 Å². The van der Waals surface area contributed by atoms with Crippen molar-refractivity contribution in [2.75, 3.05) is 6.54 Å². The second-order valence-electron chi connectivity index (χ2n) is 5.36. The average Bonchev–Trinajstić information content (AvgIpc) is 2.73. The summed E-state index contributed by atoms with van der Waals surface area (Å²) in [4.78, 5) is 25.6. The van der Waals surface area contributed by atoms with Crippen molar-refractivity contribution in [1.29, 1.82) is 0 Å². The standard InChI is InChI=1S/C17H15FN2O2.ClH/c18-12-5-3-4-11(8-12)9-13(19)10-20-16(21)14-6-1-2-7-15(14)17(20)22;/h1-8,13H,9-10,19H2;1H. The number of hydrogen-bond donors (Lipinski definition) is 1. The molecule has 4 nitrogen and oxygen atoms in total. The van der Waals surface area contributed by atoms with Crippen molar-refractivity contribution < 1.29 is 14.0 Å². The lowest BCUT2D eigenvalue weighted by Gasteiger charge is -2.19. The number of rotatable bonds is 4. The van der Waals surface area contributed by atoms with Crippen LogP contribution in [-0.4, -0.2) is 29.3 Å². The highest BCUT2D eigenvalue weighted by Gasteiger charge is 2.35. The molecule has 1 aliphatic heterocycles. The van der Waals surface area contributed by atoms with Gasteiger partial charge in [-0.3, -0.25) is 14.5 Å². The van der Waals surface area contributed by atoms with Gasteiger partial charge in [-0.1, -0.05) is 24.3 Å². The zero-order valence-electron chi connectivity index (χ0n) is 12.2. The van der Waals surface area contributed by atoms with Gasteiger partial charge < -0.3 is 5.73 Å². The van der Waals surface area contributed by atoms with Gasteiger partial charge in [-0.15, -0.1) is 12.4 Å². The van der Waals surface area contributed by atoms with Crippen molar-refractivity contribution in [3.63, 3.8) is 0 Å². The SMILES string of the molecule is Cl.NC(Cc1cccc(F)c1)CN1C(=O)c2ccccc2C1=O. The summed E-state index contributed by atoms with van der Waals surface area (Å²) in [5, 5.41) is 0. The summed E-state index contributed by atoms with van der Waals surface area (Å²) in [6.07, 6.45) is 0.394. The molecule has 1 atom stereocenters. The molecule has 6 heteroatoms. The third-order valence-electron chi connectivity index (χ3n) is 3.68. The van der Waals surface area contributed by atoms with Gasteiger partial charge in [-0.2, -0.15) is 0 Å². The normalized spacial score (nSPS) is 14.4. The number of carbonyl (C=O) groups excluding carboxylic acids is 2. The van der Waals surface area contributed by atoms with Crippen molar-refractivity contribution in [3.8, 4) is 0 Å². The smallest absolute Gasteiger partial charge is 0.261 e. The Morgan fingerprint density at radius 3 is 2.17 bits per heavy atom. The molecule has 0 fully saturated rings. The lowest BCUT2D eigenvalue weighted by molar-refractivity contribution is 0.0644. The van der Waals surface area contributed by atoms with E-state index in [1.807, 2.05) is 0 Å². The second-order valence-corrected chi connectivity index (χ2v) is 5.36. The van der Waals surface area contributed by atoms with Crippen molar-refractivity contribution in [2.24, 2.45) is 5.73 Å². The topological polar surface area (TPSA) is 63.4 Å². The minimum atomic E-state index is -0.441. The first-order valence-corrected chi connectivity index (χ1v) is 7.01. The van der Waals surface area contributed by atoms with Crippen LogP contribution in [0.3, 0.4) is 0 Å². The van der Waals surface area contributed by atoms with Gasteiger partial charge in [0.05, 0.1) is 11.1 Å². The summed E-state index contributed by atoms with van der Waals surface area (Å²) in [5.74, 6) is -0.976. The van der Waals surface area contributed by atoms with Crippen molar-refractivity contribution in [1.82, 2.24) is 4.90 Å². The zero-order chi connectivity index (χ0) is 15.7. The summed E-state index contributed by atoms with van der Waals surface area (Å²) in [7, 11) is 0. The molecule has 23 heavy (non-hydrogen) atoms. The van der Waals surface area contributed by atoms with Crippen LogP contribution in [0.4, 0.5) is 4.39 Å². The highest BCUT2D eigenvalue weighted by molar-refractivity contribution is 6.21. The monoisotopic (exact) mass is 334 g/mol. The lowest BCUT2D eigenvalue weighted by Crippen LogP contribution is -2.41. The third kappa shape index (κ3) is 3.41. The zero-order valence-corrected chi connectivity index (χ0v) is 13.1. The number of benzene rings is 2. The number of carbonyl (C=O) groups is 2. The van der Waals surface area contributed by atoms with E-state index in [-0.39, 0.29) is 36.6 Å². The average molecular weight is 335 g/mol. The molecular weight excluding hydrogens is 319 g/mol.